The number of carbonyl (C=O) groups is 1. The molecule has 2 aromatic carbocycles. The van der Waals surface area contributed by atoms with Crippen molar-refractivity contribution < 1.29 is 4.79 Å². The minimum atomic E-state index is -0.234. The molecule has 0 atom stereocenters. The maximum absolute atomic E-state index is 12.0. The van der Waals surface area contributed by atoms with Crippen molar-refractivity contribution in [2.24, 2.45) is 0 Å². The molecule has 2 aromatic rings. The van der Waals surface area contributed by atoms with Crippen LogP contribution in [0.4, 0.5) is 10.5 Å². The molecule has 0 radical (unpaired) electrons. The van der Waals surface area contributed by atoms with Crippen LogP contribution in [-0.4, -0.2) is 24.0 Å². The maximum Gasteiger partial charge on any atom is 0.319 e. The number of halogens is 1. The summed E-state index contributed by atoms with van der Waals surface area (Å²) in [7, 11) is 0. The van der Waals surface area contributed by atoms with Gasteiger partial charge in [0.2, 0.25) is 0 Å². The van der Waals surface area contributed by atoms with Gasteiger partial charge in [-0.3, -0.25) is 4.90 Å². The molecular formula is C19H22ClN3O. The van der Waals surface area contributed by atoms with Gasteiger partial charge in [-0.1, -0.05) is 41.9 Å². The van der Waals surface area contributed by atoms with Gasteiger partial charge in [-0.05, 0) is 55.3 Å². The van der Waals surface area contributed by atoms with Crippen molar-refractivity contribution >= 4 is 23.3 Å². The fourth-order valence-corrected chi connectivity index (χ4v) is 3.15. The minimum absolute atomic E-state index is 0.234. The molecule has 0 aromatic heterocycles. The number of hydrogen-bond acceptors (Lipinski definition) is 2. The van der Waals surface area contributed by atoms with Crippen LogP contribution in [0, 0.1) is 0 Å². The number of urea groups is 1. The van der Waals surface area contributed by atoms with Crippen LogP contribution in [0.15, 0.2) is 48.5 Å². The molecule has 24 heavy (non-hydrogen) atoms. The summed E-state index contributed by atoms with van der Waals surface area (Å²) >= 11 is 5.91. The quantitative estimate of drug-likeness (QED) is 0.852. The topological polar surface area (TPSA) is 44.4 Å². The molecular weight excluding hydrogens is 322 g/mol. The summed E-state index contributed by atoms with van der Waals surface area (Å²) in [5.74, 6) is 0. The standard InChI is InChI=1S/C19H22ClN3O/c20-17-7-4-8-18(12-17)22-19(24)21-13-15-5-3-6-16(11-15)14-23-9-1-2-10-23/h3-8,11-12H,1-2,9-10,13-14H2,(H2,21,22,24). The van der Waals surface area contributed by atoms with Crippen LogP contribution in [0.25, 0.3) is 0 Å². The highest BCUT2D eigenvalue weighted by atomic mass is 35.5. The van der Waals surface area contributed by atoms with Crippen LogP contribution < -0.4 is 10.6 Å². The largest absolute Gasteiger partial charge is 0.334 e. The van der Waals surface area contributed by atoms with Gasteiger partial charge in [-0.15, -0.1) is 0 Å². The Morgan fingerprint density at radius 3 is 2.58 bits per heavy atom. The Kier molecular flexibility index (Phi) is 5.72. The molecule has 1 aliphatic rings. The average Bonchev–Trinajstić information content (AvgIpc) is 3.06. The van der Waals surface area contributed by atoms with Gasteiger partial charge < -0.3 is 10.6 Å². The molecule has 1 aliphatic heterocycles. The lowest BCUT2D eigenvalue weighted by atomic mass is 10.1. The monoisotopic (exact) mass is 343 g/mol. The van der Waals surface area contributed by atoms with E-state index in [0.29, 0.717) is 17.3 Å². The first-order valence-corrected chi connectivity index (χ1v) is 8.67. The Hall–Kier alpha value is -2.04. The van der Waals surface area contributed by atoms with E-state index in [4.69, 9.17) is 11.6 Å². The number of nitrogens with zero attached hydrogens (tertiary/aromatic N) is 1. The Morgan fingerprint density at radius 2 is 1.79 bits per heavy atom. The fraction of sp³-hybridized carbons (Fsp3) is 0.316. The van der Waals surface area contributed by atoms with Crippen LogP contribution in [0.5, 0.6) is 0 Å². The first-order valence-electron chi connectivity index (χ1n) is 8.30. The zero-order valence-electron chi connectivity index (χ0n) is 13.6. The zero-order valence-corrected chi connectivity index (χ0v) is 14.4. The van der Waals surface area contributed by atoms with Gasteiger partial charge in [0.1, 0.15) is 0 Å². The van der Waals surface area contributed by atoms with E-state index in [-0.39, 0.29) is 6.03 Å². The highest BCUT2D eigenvalue weighted by Gasteiger charge is 2.11. The van der Waals surface area contributed by atoms with Gasteiger partial charge in [0.15, 0.2) is 0 Å². The summed E-state index contributed by atoms with van der Waals surface area (Å²) in [6.07, 6.45) is 2.59. The molecule has 0 unspecified atom stereocenters. The molecule has 5 heteroatoms. The van der Waals surface area contributed by atoms with E-state index in [1.165, 1.54) is 31.5 Å². The third-order valence-electron chi connectivity index (χ3n) is 4.13. The number of amides is 2. The number of hydrogen-bond donors (Lipinski definition) is 2. The lowest BCUT2D eigenvalue weighted by Crippen LogP contribution is -2.28. The molecule has 126 valence electrons. The molecule has 0 aliphatic carbocycles. The maximum atomic E-state index is 12.0. The van der Waals surface area contributed by atoms with E-state index >= 15 is 0 Å². The highest BCUT2D eigenvalue weighted by Crippen LogP contribution is 2.15. The summed E-state index contributed by atoms with van der Waals surface area (Å²) in [6.45, 7) is 3.86. The van der Waals surface area contributed by atoms with E-state index in [1.54, 1.807) is 18.2 Å². The lowest BCUT2D eigenvalue weighted by molar-refractivity contribution is 0.251. The SMILES string of the molecule is O=C(NCc1cccc(CN2CCCC2)c1)Nc1cccc(Cl)c1. The number of nitrogens with one attached hydrogen (secondary N) is 2. The number of anilines is 1. The van der Waals surface area contributed by atoms with Gasteiger partial charge in [-0.2, -0.15) is 0 Å². The molecule has 2 N–H and O–H groups in total. The van der Waals surface area contributed by atoms with Gasteiger partial charge in [-0.25, -0.2) is 4.79 Å². The molecule has 3 rings (SSSR count). The predicted octanol–water partition coefficient (Wildman–Crippen LogP) is 4.26. The molecule has 0 saturated carbocycles. The van der Waals surface area contributed by atoms with Gasteiger partial charge in [0.25, 0.3) is 0 Å². The van der Waals surface area contributed by atoms with E-state index < -0.39 is 0 Å². The molecule has 0 bridgehead atoms. The fourth-order valence-electron chi connectivity index (χ4n) is 2.96. The second-order valence-electron chi connectivity index (χ2n) is 6.12. The normalized spacial score (nSPS) is 14.5. The van der Waals surface area contributed by atoms with Crippen LogP contribution in [0.3, 0.4) is 0 Å². The Balaban J connectivity index is 1.51. The van der Waals surface area contributed by atoms with Gasteiger partial charge in [0, 0.05) is 23.8 Å². The smallest absolute Gasteiger partial charge is 0.319 e. The molecule has 1 saturated heterocycles. The van der Waals surface area contributed by atoms with E-state index in [2.05, 4.69) is 33.7 Å². The van der Waals surface area contributed by atoms with Crippen LogP contribution >= 0.6 is 11.6 Å². The third kappa shape index (κ3) is 4.98. The zero-order chi connectivity index (χ0) is 16.8. The van der Waals surface area contributed by atoms with E-state index in [1.807, 2.05) is 12.1 Å². The number of carbonyl (C=O) groups excluding carboxylic acids is 1. The van der Waals surface area contributed by atoms with Gasteiger partial charge in [0.05, 0.1) is 0 Å². The second kappa shape index (κ2) is 8.18. The summed E-state index contributed by atoms with van der Waals surface area (Å²) in [6, 6.07) is 15.3. The predicted molar refractivity (Wildman–Crippen MR) is 98.3 cm³/mol. The van der Waals surface area contributed by atoms with Crippen molar-refractivity contribution in [2.75, 3.05) is 18.4 Å². The summed E-state index contributed by atoms with van der Waals surface area (Å²) in [5, 5.41) is 6.26. The molecule has 1 heterocycles. The molecule has 0 spiro atoms. The number of rotatable bonds is 5. The Bertz CT molecular complexity index is 699. The van der Waals surface area contributed by atoms with Gasteiger partial charge >= 0.3 is 6.03 Å². The highest BCUT2D eigenvalue weighted by molar-refractivity contribution is 6.30. The average molecular weight is 344 g/mol. The molecule has 2 amide bonds. The Labute approximate surface area is 147 Å². The Morgan fingerprint density at radius 1 is 1.04 bits per heavy atom. The summed E-state index contributed by atoms with van der Waals surface area (Å²) in [4.78, 5) is 14.5. The molecule has 4 nitrogen and oxygen atoms in total. The summed E-state index contributed by atoms with van der Waals surface area (Å²) in [5.41, 5.74) is 3.09. The minimum Gasteiger partial charge on any atom is -0.334 e. The van der Waals surface area contributed by atoms with Crippen LogP contribution in [0.2, 0.25) is 5.02 Å². The van der Waals surface area contributed by atoms with Crippen molar-refractivity contribution in [3.8, 4) is 0 Å². The number of likely N-dealkylation sites (tertiary alicyclic amines) is 1. The number of benzene rings is 2. The van der Waals surface area contributed by atoms with Crippen molar-refractivity contribution in [1.82, 2.24) is 10.2 Å². The third-order valence-corrected chi connectivity index (χ3v) is 4.37. The van der Waals surface area contributed by atoms with Crippen LogP contribution in [-0.2, 0) is 13.1 Å². The van der Waals surface area contributed by atoms with E-state index in [9.17, 15) is 4.79 Å². The second-order valence-corrected chi connectivity index (χ2v) is 6.56. The van der Waals surface area contributed by atoms with E-state index in [0.717, 1.165) is 12.1 Å². The first-order chi connectivity index (χ1) is 11.7. The summed E-state index contributed by atoms with van der Waals surface area (Å²) < 4.78 is 0. The van der Waals surface area contributed by atoms with Crippen molar-refractivity contribution in [1.29, 1.82) is 0 Å². The van der Waals surface area contributed by atoms with Crippen LogP contribution in [0.1, 0.15) is 24.0 Å². The first kappa shape index (κ1) is 16.8. The lowest BCUT2D eigenvalue weighted by Gasteiger charge is -2.15. The van der Waals surface area contributed by atoms with Crippen molar-refractivity contribution in [3.05, 3.63) is 64.7 Å². The van der Waals surface area contributed by atoms with Crippen molar-refractivity contribution in [3.63, 3.8) is 0 Å². The van der Waals surface area contributed by atoms with Crippen molar-refractivity contribution in [2.45, 2.75) is 25.9 Å². The molecule has 1 fully saturated rings.